The summed E-state index contributed by atoms with van der Waals surface area (Å²) in [6.45, 7) is 0. The van der Waals surface area contributed by atoms with E-state index in [2.05, 4.69) is 6.08 Å². The Balaban J connectivity index is 2.14. The van der Waals surface area contributed by atoms with Crippen LogP contribution in [0.15, 0.2) is 11.6 Å². The number of nitrogens with one attached hydrogen (secondary N) is 1. The van der Waals surface area contributed by atoms with Gasteiger partial charge in [-0.25, -0.2) is 0 Å². The molecule has 3 aliphatic rings. The van der Waals surface area contributed by atoms with Crippen molar-refractivity contribution in [3.63, 3.8) is 0 Å². The van der Waals surface area contributed by atoms with Crippen LogP contribution in [0.1, 0.15) is 44.9 Å². The lowest BCUT2D eigenvalue weighted by atomic mass is 9.77. The minimum Gasteiger partial charge on any atom is -0.454 e. The van der Waals surface area contributed by atoms with Gasteiger partial charge in [0.2, 0.25) is 0 Å². The first kappa shape index (κ1) is 7.60. The maximum absolute atomic E-state index is 8.12. The van der Waals surface area contributed by atoms with Gasteiger partial charge in [0.15, 0.2) is 5.54 Å². The number of hydrogen-bond donors (Lipinski definition) is 0. The van der Waals surface area contributed by atoms with E-state index in [1.807, 2.05) is 4.68 Å². The largest absolute Gasteiger partial charge is 0.454 e. The molecular formula is C11H16N2. The second-order valence-corrected chi connectivity index (χ2v) is 4.55. The molecule has 0 amide bonds. The third-order valence-corrected chi connectivity index (χ3v) is 4.04. The van der Waals surface area contributed by atoms with E-state index in [0.29, 0.717) is 0 Å². The molecule has 0 aromatic carbocycles. The van der Waals surface area contributed by atoms with E-state index >= 15 is 0 Å². The van der Waals surface area contributed by atoms with Gasteiger partial charge in [-0.3, -0.25) is 4.68 Å². The number of nitrogens with zero attached hydrogens (tertiary/aromatic N) is 1. The van der Waals surface area contributed by atoms with Crippen LogP contribution in [0.25, 0.3) is 5.84 Å². The lowest BCUT2D eigenvalue weighted by Gasteiger charge is -2.36. The predicted molar refractivity (Wildman–Crippen MR) is 52.7 cm³/mol. The first-order valence-electron chi connectivity index (χ1n) is 5.39. The summed E-state index contributed by atoms with van der Waals surface area (Å²) >= 11 is 0. The van der Waals surface area contributed by atoms with Crippen LogP contribution in [0, 0.1) is 0 Å². The average Bonchev–Trinajstić information content (AvgIpc) is 2.40. The predicted octanol–water partition coefficient (Wildman–Crippen LogP) is 2.84. The zero-order valence-electron chi connectivity index (χ0n) is 7.97. The van der Waals surface area contributed by atoms with Gasteiger partial charge in [0.05, 0.1) is 0 Å². The summed E-state index contributed by atoms with van der Waals surface area (Å²) in [5.74, 6) is 8.12. The Bertz CT molecular complexity index is 314. The minimum absolute atomic E-state index is 0.172. The molecule has 13 heavy (non-hydrogen) atoms. The summed E-state index contributed by atoms with van der Waals surface area (Å²) < 4.78 is 1.86. The van der Waals surface area contributed by atoms with Crippen molar-refractivity contribution < 1.29 is 4.68 Å². The second-order valence-electron chi connectivity index (χ2n) is 4.55. The van der Waals surface area contributed by atoms with Crippen LogP contribution in [0.5, 0.6) is 0 Å². The molecule has 0 radical (unpaired) electrons. The Hall–Kier alpha value is -0.790. The number of hydrogen-bond acceptors (Lipinski definition) is 0. The van der Waals surface area contributed by atoms with Crippen molar-refractivity contribution in [3.8, 4) is 0 Å². The van der Waals surface area contributed by atoms with Crippen LogP contribution in [-0.2, 0) is 0 Å². The SMILES string of the molecule is [NH-][N+]1=C2CCC3=CCCCC31CC2. The third kappa shape index (κ3) is 0.812. The van der Waals surface area contributed by atoms with Crippen molar-refractivity contribution in [1.29, 1.82) is 0 Å². The molecule has 0 saturated carbocycles. The van der Waals surface area contributed by atoms with Gasteiger partial charge < -0.3 is 5.84 Å². The highest BCUT2D eigenvalue weighted by Gasteiger charge is 2.50. The fraction of sp³-hybridized carbons (Fsp3) is 0.727. The normalized spacial score (nSPS) is 37.4. The second kappa shape index (κ2) is 2.37. The van der Waals surface area contributed by atoms with Gasteiger partial charge in [-0.1, -0.05) is 6.08 Å². The molecule has 0 aromatic heterocycles. The van der Waals surface area contributed by atoms with Gasteiger partial charge >= 0.3 is 0 Å². The van der Waals surface area contributed by atoms with Crippen LogP contribution >= 0.6 is 0 Å². The van der Waals surface area contributed by atoms with Crippen LogP contribution in [0.2, 0.25) is 0 Å². The standard InChI is InChI=1S/C11H16N2/c12-13-10-5-4-9-3-1-2-7-11(9,13)8-6-10/h3,12H,1-2,4-8H2. The van der Waals surface area contributed by atoms with Crippen molar-refractivity contribution in [2.45, 2.75) is 50.5 Å². The van der Waals surface area contributed by atoms with Gasteiger partial charge in [-0.05, 0) is 24.8 Å². The molecule has 3 rings (SSSR count). The topological polar surface area (TPSA) is 26.8 Å². The van der Waals surface area contributed by atoms with E-state index in [4.69, 9.17) is 5.84 Å². The molecule has 2 heteroatoms. The molecule has 1 N–H and O–H groups in total. The van der Waals surface area contributed by atoms with Gasteiger partial charge in [-0.15, -0.1) is 0 Å². The van der Waals surface area contributed by atoms with Crippen molar-refractivity contribution in [2.24, 2.45) is 0 Å². The van der Waals surface area contributed by atoms with Gasteiger partial charge in [0.25, 0.3) is 0 Å². The fourth-order valence-corrected chi connectivity index (χ4v) is 3.29. The summed E-state index contributed by atoms with van der Waals surface area (Å²) in [6.07, 6.45) is 11.0. The van der Waals surface area contributed by atoms with Crippen molar-refractivity contribution in [2.75, 3.05) is 0 Å². The molecule has 70 valence electrons. The lowest BCUT2D eigenvalue weighted by molar-refractivity contribution is -0.536. The fourth-order valence-electron chi connectivity index (χ4n) is 3.29. The molecule has 0 aromatic rings. The van der Waals surface area contributed by atoms with Crippen LogP contribution in [0.4, 0.5) is 0 Å². The molecule has 1 unspecified atom stereocenters. The van der Waals surface area contributed by atoms with Crippen molar-refractivity contribution in [1.82, 2.24) is 0 Å². The lowest BCUT2D eigenvalue weighted by Crippen LogP contribution is -2.42. The van der Waals surface area contributed by atoms with Crippen LogP contribution in [0.3, 0.4) is 0 Å². The Morgan fingerprint density at radius 1 is 1.23 bits per heavy atom. The van der Waals surface area contributed by atoms with E-state index in [9.17, 15) is 0 Å². The van der Waals surface area contributed by atoms with Crippen LogP contribution < -0.4 is 0 Å². The highest BCUT2D eigenvalue weighted by atomic mass is 15.4. The molecule has 0 fully saturated rings. The van der Waals surface area contributed by atoms with Gasteiger partial charge in [-0.2, -0.15) is 0 Å². The summed E-state index contributed by atoms with van der Waals surface area (Å²) in [6, 6.07) is 0. The molecule has 1 aliphatic carbocycles. The van der Waals surface area contributed by atoms with Crippen molar-refractivity contribution >= 4 is 5.71 Å². The van der Waals surface area contributed by atoms with E-state index in [1.54, 1.807) is 5.57 Å². The Kier molecular flexibility index (Phi) is 1.38. The smallest absolute Gasteiger partial charge is 0.178 e. The zero-order valence-corrected chi connectivity index (χ0v) is 7.97. The number of allylic oxidation sites excluding steroid dienone is 1. The van der Waals surface area contributed by atoms with Gasteiger partial charge in [0.1, 0.15) is 5.71 Å². The molecule has 1 spiro atoms. The summed E-state index contributed by atoms with van der Waals surface area (Å²) in [7, 11) is 0. The molecule has 2 bridgehead atoms. The van der Waals surface area contributed by atoms with E-state index in [0.717, 1.165) is 6.42 Å². The summed E-state index contributed by atoms with van der Waals surface area (Å²) in [5, 5.41) is 0. The Labute approximate surface area is 79.1 Å². The van der Waals surface area contributed by atoms with Crippen LogP contribution in [-0.4, -0.2) is 15.9 Å². The van der Waals surface area contributed by atoms with E-state index < -0.39 is 0 Å². The third-order valence-electron chi connectivity index (χ3n) is 4.04. The van der Waals surface area contributed by atoms with E-state index in [1.165, 1.54) is 44.2 Å². The maximum atomic E-state index is 8.12. The molecule has 2 nitrogen and oxygen atoms in total. The average molecular weight is 176 g/mol. The Morgan fingerprint density at radius 2 is 2.15 bits per heavy atom. The molecule has 2 aliphatic heterocycles. The minimum atomic E-state index is 0.172. The summed E-state index contributed by atoms with van der Waals surface area (Å²) in [4.78, 5) is 0. The highest BCUT2D eigenvalue weighted by molar-refractivity contribution is 5.83. The quantitative estimate of drug-likeness (QED) is 0.401. The van der Waals surface area contributed by atoms with Gasteiger partial charge in [0, 0.05) is 25.7 Å². The Morgan fingerprint density at radius 3 is 3.08 bits per heavy atom. The highest BCUT2D eigenvalue weighted by Crippen LogP contribution is 2.45. The monoisotopic (exact) mass is 176 g/mol. The first-order chi connectivity index (χ1) is 6.33. The molecule has 1 atom stereocenters. The maximum Gasteiger partial charge on any atom is 0.178 e. The molecule has 2 heterocycles. The molecule has 0 saturated heterocycles. The number of rotatable bonds is 0. The summed E-state index contributed by atoms with van der Waals surface area (Å²) in [5.41, 5.74) is 3.14. The first-order valence-corrected chi connectivity index (χ1v) is 5.39. The zero-order chi connectivity index (χ0) is 8.89. The van der Waals surface area contributed by atoms with Crippen molar-refractivity contribution in [3.05, 3.63) is 17.5 Å². The van der Waals surface area contributed by atoms with E-state index in [-0.39, 0.29) is 5.54 Å². The molecular weight excluding hydrogens is 160 g/mol.